The second-order valence-corrected chi connectivity index (χ2v) is 9.23. The molecule has 0 atom stereocenters. The van der Waals surface area contributed by atoms with Crippen molar-refractivity contribution in [2.45, 2.75) is 25.0 Å². The molecule has 0 spiro atoms. The molecule has 2 heterocycles. The number of carbonyl (C=O) groups is 2. The van der Waals surface area contributed by atoms with Gasteiger partial charge in [-0.3, -0.25) is 14.5 Å². The van der Waals surface area contributed by atoms with Crippen molar-refractivity contribution in [3.8, 4) is 0 Å². The third kappa shape index (κ3) is 5.69. The molecule has 7 nitrogen and oxygen atoms in total. The first-order chi connectivity index (χ1) is 16.6. The average molecular weight is 478 g/mol. The first kappa shape index (κ1) is 24.0. The maximum absolute atomic E-state index is 12.8. The van der Waals surface area contributed by atoms with Crippen molar-refractivity contribution in [1.29, 1.82) is 0 Å². The van der Waals surface area contributed by atoms with E-state index >= 15 is 0 Å². The molecule has 8 heteroatoms. The van der Waals surface area contributed by atoms with Crippen LogP contribution in [0.15, 0.2) is 66.3 Å². The molecule has 2 amide bonds. The number of nitrogens with one attached hydrogen (secondary N) is 1. The van der Waals surface area contributed by atoms with Gasteiger partial charge in [-0.1, -0.05) is 55.1 Å². The van der Waals surface area contributed by atoms with Gasteiger partial charge in [0.1, 0.15) is 0 Å². The fraction of sp³-hybridized carbons (Fsp3) is 0.346. The lowest BCUT2D eigenvalue weighted by Crippen LogP contribution is -2.50. The largest absolute Gasteiger partial charge is 0.339 e. The highest BCUT2D eigenvalue weighted by Gasteiger charge is 2.23. The van der Waals surface area contributed by atoms with Crippen molar-refractivity contribution >= 4 is 40.3 Å². The number of para-hydroxylation sites is 3. The number of aryl methyl sites for hydroxylation is 1. The molecular weight excluding hydrogens is 446 g/mol. The Labute approximate surface area is 204 Å². The summed E-state index contributed by atoms with van der Waals surface area (Å²) < 4.78 is 2.09. The minimum Gasteiger partial charge on any atom is -0.339 e. The second kappa shape index (κ2) is 11.4. The lowest BCUT2D eigenvalue weighted by molar-refractivity contribution is -0.130. The van der Waals surface area contributed by atoms with Gasteiger partial charge in [-0.15, -0.1) is 6.58 Å². The van der Waals surface area contributed by atoms with Gasteiger partial charge in [-0.25, -0.2) is 4.98 Å². The molecule has 0 aliphatic carbocycles. The summed E-state index contributed by atoms with van der Waals surface area (Å²) in [5.74, 6) is 0.426. The van der Waals surface area contributed by atoms with Gasteiger partial charge < -0.3 is 14.8 Å². The standard InChI is InChI=1S/C26H31N5O2S/c1-3-13-31-23-12-8-7-11-22(23)28-26(31)34-19-25(33)30-16-14-29(15-17-30)18-24(32)27-21-10-6-5-9-20(21)4-2/h3,5-12H,1,4,13-19H2,2H3,(H,27,32). The van der Waals surface area contributed by atoms with E-state index in [-0.39, 0.29) is 11.8 Å². The third-order valence-electron chi connectivity index (χ3n) is 6.02. The molecule has 4 rings (SSSR count). The second-order valence-electron chi connectivity index (χ2n) is 8.29. The molecule has 1 fully saturated rings. The first-order valence-corrected chi connectivity index (χ1v) is 12.6. The van der Waals surface area contributed by atoms with Crippen molar-refractivity contribution in [2.75, 3.05) is 43.8 Å². The lowest BCUT2D eigenvalue weighted by Gasteiger charge is -2.34. The van der Waals surface area contributed by atoms with Crippen LogP contribution in [0.3, 0.4) is 0 Å². The number of fused-ring (bicyclic) bond motifs is 1. The van der Waals surface area contributed by atoms with E-state index in [0.29, 0.717) is 45.0 Å². The van der Waals surface area contributed by atoms with E-state index in [4.69, 9.17) is 4.98 Å². The quantitative estimate of drug-likeness (QED) is 0.376. The van der Waals surface area contributed by atoms with Crippen LogP contribution in [0.5, 0.6) is 0 Å². The van der Waals surface area contributed by atoms with Gasteiger partial charge in [0.2, 0.25) is 11.8 Å². The number of piperazine rings is 1. The highest BCUT2D eigenvalue weighted by molar-refractivity contribution is 7.99. The Morgan fingerprint density at radius 2 is 1.82 bits per heavy atom. The smallest absolute Gasteiger partial charge is 0.238 e. The molecule has 1 saturated heterocycles. The number of nitrogens with zero attached hydrogens (tertiary/aromatic N) is 4. The van der Waals surface area contributed by atoms with Crippen LogP contribution >= 0.6 is 11.8 Å². The van der Waals surface area contributed by atoms with E-state index in [1.807, 2.05) is 59.5 Å². The number of hydrogen-bond donors (Lipinski definition) is 1. The molecule has 0 radical (unpaired) electrons. The van der Waals surface area contributed by atoms with Gasteiger partial charge in [-0.2, -0.15) is 0 Å². The molecule has 2 aromatic carbocycles. The average Bonchev–Trinajstić information content (AvgIpc) is 3.21. The summed E-state index contributed by atoms with van der Waals surface area (Å²) in [5.41, 5.74) is 3.98. The predicted molar refractivity (Wildman–Crippen MR) is 138 cm³/mol. The number of imidazole rings is 1. The normalized spacial score (nSPS) is 14.3. The maximum Gasteiger partial charge on any atom is 0.238 e. The van der Waals surface area contributed by atoms with E-state index in [9.17, 15) is 9.59 Å². The summed E-state index contributed by atoms with van der Waals surface area (Å²) in [5, 5.41) is 3.86. The number of carbonyl (C=O) groups excluding carboxylic acids is 2. The summed E-state index contributed by atoms with van der Waals surface area (Å²) >= 11 is 1.47. The Morgan fingerprint density at radius 3 is 2.59 bits per heavy atom. The van der Waals surface area contributed by atoms with E-state index in [1.54, 1.807) is 0 Å². The highest BCUT2D eigenvalue weighted by Crippen LogP contribution is 2.24. The van der Waals surface area contributed by atoms with Crippen LogP contribution in [0, 0.1) is 0 Å². The molecule has 1 aliphatic rings. The van der Waals surface area contributed by atoms with Gasteiger partial charge in [0.15, 0.2) is 5.16 Å². The predicted octanol–water partition coefficient (Wildman–Crippen LogP) is 3.66. The van der Waals surface area contributed by atoms with Gasteiger partial charge >= 0.3 is 0 Å². The fourth-order valence-electron chi connectivity index (χ4n) is 4.19. The Morgan fingerprint density at radius 1 is 1.09 bits per heavy atom. The number of amides is 2. The fourth-order valence-corrected chi connectivity index (χ4v) is 5.11. The van der Waals surface area contributed by atoms with Crippen LogP contribution in [0.1, 0.15) is 12.5 Å². The number of aromatic nitrogens is 2. The molecule has 0 unspecified atom stereocenters. The Balaban J connectivity index is 1.26. The Kier molecular flexibility index (Phi) is 8.03. The molecule has 1 N–H and O–H groups in total. The molecule has 34 heavy (non-hydrogen) atoms. The van der Waals surface area contributed by atoms with Crippen molar-refractivity contribution < 1.29 is 9.59 Å². The molecular formula is C26H31N5O2S. The van der Waals surface area contributed by atoms with Crippen molar-refractivity contribution in [1.82, 2.24) is 19.4 Å². The molecule has 0 saturated carbocycles. The van der Waals surface area contributed by atoms with E-state index in [1.165, 1.54) is 11.8 Å². The van der Waals surface area contributed by atoms with E-state index in [0.717, 1.165) is 33.9 Å². The monoisotopic (exact) mass is 477 g/mol. The summed E-state index contributed by atoms with van der Waals surface area (Å²) in [6.07, 6.45) is 2.72. The van der Waals surface area contributed by atoms with Gasteiger partial charge in [0.25, 0.3) is 0 Å². The molecule has 1 aliphatic heterocycles. The van der Waals surface area contributed by atoms with E-state index in [2.05, 4.69) is 28.3 Å². The van der Waals surface area contributed by atoms with Crippen LogP contribution in [0.4, 0.5) is 5.69 Å². The number of benzene rings is 2. The summed E-state index contributed by atoms with van der Waals surface area (Å²) in [6, 6.07) is 15.9. The lowest BCUT2D eigenvalue weighted by atomic mass is 10.1. The third-order valence-corrected chi connectivity index (χ3v) is 6.98. The van der Waals surface area contributed by atoms with Crippen molar-refractivity contribution in [3.63, 3.8) is 0 Å². The highest BCUT2D eigenvalue weighted by atomic mass is 32.2. The zero-order chi connectivity index (χ0) is 23.9. The first-order valence-electron chi connectivity index (χ1n) is 11.7. The van der Waals surface area contributed by atoms with Gasteiger partial charge in [0.05, 0.1) is 23.3 Å². The van der Waals surface area contributed by atoms with Gasteiger partial charge in [-0.05, 0) is 30.2 Å². The van der Waals surface area contributed by atoms with Gasteiger partial charge in [0, 0.05) is 38.4 Å². The van der Waals surface area contributed by atoms with E-state index < -0.39 is 0 Å². The SMILES string of the molecule is C=CCn1c(SCC(=O)N2CCN(CC(=O)Nc3ccccc3CC)CC2)nc2ccccc21. The minimum absolute atomic E-state index is 0.0163. The summed E-state index contributed by atoms with van der Waals surface area (Å²) in [4.78, 5) is 34.1. The molecule has 178 valence electrons. The topological polar surface area (TPSA) is 70.5 Å². The Bertz CT molecular complexity index is 1170. The van der Waals surface area contributed by atoms with Crippen LogP contribution in [0.2, 0.25) is 0 Å². The number of thioether (sulfide) groups is 1. The summed E-state index contributed by atoms with van der Waals surface area (Å²) in [6.45, 7) is 9.54. The Hall–Kier alpha value is -3.10. The molecule has 3 aromatic rings. The van der Waals surface area contributed by atoms with Crippen LogP contribution in [-0.4, -0.2) is 69.6 Å². The minimum atomic E-state index is -0.0163. The van der Waals surface area contributed by atoms with Crippen LogP contribution < -0.4 is 5.32 Å². The number of hydrogen-bond acceptors (Lipinski definition) is 5. The number of rotatable bonds is 9. The van der Waals surface area contributed by atoms with Crippen molar-refractivity contribution in [2.24, 2.45) is 0 Å². The van der Waals surface area contributed by atoms with Crippen molar-refractivity contribution in [3.05, 3.63) is 66.7 Å². The maximum atomic E-state index is 12.8. The van der Waals surface area contributed by atoms with Crippen LogP contribution in [0.25, 0.3) is 11.0 Å². The molecule has 0 bridgehead atoms. The zero-order valence-electron chi connectivity index (χ0n) is 19.6. The number of anilines is 1. The number of allylic oxidation sites excluding steroid dienone is 1. The zero-order valence-corrected chi connectivity index (χ0v) is 20.4. The van der Waals surface area contributed by atoms with Crippen LogP contribution in [-0.2, 0) is 22.6 Å². The summed E-state index contributed by atoms with van der Waals surface area (Å²) in [7, 11) is 0. The molecule has 1 aromatic heterocycles.